The number of ether oxygens (including phenoxy) is 1. The fraction of sp³-hybridized carbons (Fsp3) is 0.400. The highest BCUT2D eigenvalue weighted by Crippen LogP contribution is 2.26. The molecule has 0 bridgehead atoms. The van der Waals surface area contributed by atoms with Gasteiger partial charge in [0.05, 0.1) is 7.11 Å². The number of fused-ring (bicyclic) bond motifs is 1. The van der Waals surface area contributed by atoms with E-state index in [1.165, 1.54) is 0 Å². The van der Waals surface area contributed by atoms with Gasteiger partial charge >= 0.3 is 0 Å². The first-order chi connectivity index (χ1) is 9.15. The first-order valence-corrected chi connectivity index (χ1v) is 6.46. The number of pyridine rings is 1. The Labute approximate surface area is 113 Å². The summed E-state index contributed by atoms with van der Waals surface area (Å²) < 4.78 is 5.22. The van der Waals surface area contributed by atoms with E-state index in [-0.39, 0.29) is 18.6 Å². The Bertz CT molecular complexity index is 557. The molecule has 0 fully saturated rings. The first kappa shape index (κ1) is 13.6. The first-order valence-electron chi connectivity index (χ1n) is 6.46. The van der Waals surface area contributed by atoms with Gasteiger partial charge < -0.3 is 15.2 Å². The monoisotopic (exact) mass is 260 g/mol. The lowest BCUT2D eigenvalue weighted by Crippen LogP contribution is -2.26. The Morgan fingerprint density at radius 3 is 2.79 bits per heavy atom. The molecule has 0 amide bonds. The highest BCUT2D eigenvalue weighted by Gasteiger charge is 2.13. The molecule has 1 aromatic heterocycles. The molecule has 0 aliphatic heterocycles. The van der Waals surface area contributed by atoms with Gasteiger partial charge in [-0.1, -0.05) is 6.92 Å². The van der Waals surface area contributed by atoms with Crippen LogP contribution >= 0.6 is 0 Å². The summed E-state index contributed by atoms with van der Waals surface area (Å²) in [7, 11) is 1.66. The van der Waals surface area contributed by atoms with Gasteiger partial charge in [-0.25, -0.2) is 4.98 Å². The van der Waals surface area contributed by atoms with Crippen molar-refractivity contribution in [3.63, 3.8) is 0 Å². The van der Waals surface area contributed by atoms with Crippen molar-refractivity contribution in [3.8, 4) is 5.75 Å². The number of rotatable bonds is 5. The summed E-state index contributed by atoms with van der Waals surface area (Å²) in [6.45, 7) is 4.21. The highest BCUT2D eigenvalue weighted by molar-refractivity contribution is 5.92. The number of aliphatic hydroxyl groups is 1. The molecule has 2 rings (SSSR count). The van der Waals surface area contributed by atoms with Crippen molar-refractivity contribution in [3.05, 3.63) is 30.5 Å². The molecular formula is C15H20N2O2. The van der Waals surface area contributed by atoms with E-state index in [1.807, 2.05) is 38.1 Å². The fourth-order valence-corrected chi connectivity index (χ4v) is 1.91. The minimum atomic E-state index is 0.158. The third-order valence-electron chi connectivity index (χ3n) is 3.48. The van der Waals surface area contributed by atoms with E-state index in [1.54, 1.807) is 13.3 Å². The molecule has 0 saturated heterocycles. The Kier molecular flexibility index (Phi) is 4.22. The van der Waals surface area contributed by atoms with Crippen molar-refractivity contribution in [1.82, 2.24) is 4.98 Å². The van der Waals surface area contributed by atoms with Crippen LogP contribution in [0.4, 0.5) is 5.82 Å². The summed E-state index contributed by atoms with van der Waals surface area (Å²) in [6.07, 6.45) is 1.78. The SMILES string of the molecule is COc1ccc2c(NC(C)C(C)CO)nccc2c1. The summed E-state index contributed by atoms with van der Waals surface area (Å²) in [5.74, 6) is 1.85. The molecule has 0 aliphatic rings. The van der Waals surface area contributed by atoms with Gasteiger partial charge in [0.2, 0.25) is 0 Å². The molecular weight excluding hydrogens is 240 g/mol. The average molecular weight is 260 g/mol. The fourth-order valence-electron chi connectivity index (χ4n) is 1.91. The molecule has 2 atom stereocenters. The minimum Gasteiger partial charge on any atom is -0.497 e. The third kappa shape index (κ3) is 2.96. The number of aromatic nitrogens is 1. The van der Waals surface area contributed by atoms with E-state index in [2.05, 4.69) is 10.3 Å². The molecule has 1 aromatic carbocycles. The van der Waals surface area contributed by atoms with Crippen molar-refractivity contribution < 1.29 is 9.84 Å². The quantitative estimate of drug-likeness (QED) is 0.868. The van der Waals surface area contributed by atoms with E-state index < -0.39 is 0 Å². The molecule has 4 nitrogen and oxygen atoms in total. The zero-order chi connectivity index (χ0) is 13.8. The number of methoxy groups -OCH3 is 1. The second kappa shape index (κ2) is 5.89. The van der Waals surface area contributed by atoms with Crippen LogP contribution in [-0.4, -0.2) is 29.8 Å². The van der Waals surface area contributed by atoms with Crippen LogP contribution < -0.4 is 10.1 Å². The van der Waals surface area contributed by atoms with Crippen LogP contribution in [0.5, 0.6) is 5.75 Å². The van der Waals surface area contributed by atoms with Crippen LogP contribution in [0.1, 0.15) is 13.8 Å². The molecule has 102 valence electrons. The van der Waals surface area contributed by atoms with Gasteiger partial charge in [-0.3, -0.25) is 0 Å². The lowest BCUT2D eigenvalue weighted by molar-refractivity contribution is 0.226. The van der Waals surface area contributed by atoms with Gasteiger partial charge in [0.15, 0.2) is 0 Å². The lowest BCUT2D eigenvalue weighted by atomic mass is 10.0. The Morgan fingerprint density at radius 2 is 2.11 bits per heavy atom. The summed E-state index contributed by atoms with van der Waals surface area (Å²) in [6, 6.07) is 8.03. The van der Waals surface area contributed by atoms with Crippen molar-refractivity contribution in [2.75, 3.05) is 19.0 Å². The number of aliphatic hydroxyl groups excluding tert-OH is 1. The smallest absolute Gasteiger partial charge is 0.134 e. The Balaban J connectivity index is 2.33. The summed E-state index contributed by atoms with van der Waals surface area (Å²) >= 11 is 0. The van der Waals surface area contributed by atoms with E-state index in [4.69, 9.17) is 4.74 Å². The van der Waals surface area contributed by atoms with Crippen LogP contribution in [0.3, 0.4) is 0 Å². The maximum absolute atomic E-state index is 9.19. The standard InChI is InChI=1S/C15H20N2O2/c1-10(9-18)11(2)17-15-14-5-4-13(19-3)8-12(14)6-7-16-15/h4-8,10-11,18H,9H2,1-3H3,(H,16,17). The van der Waals surface area contributed by atoms with Gasteiger partial charge in [-0.05, 0) is 42.5 Å². The summed E-state index contributed by atoms with van der Waals surface area (Å²) in [5.41, 5.74) is 0. The number of anilines is 1. The average Bonchev–Trinajstić information content (AvgIpc) is 2.45. The molecule has 19 heavy (non-hydrogen) atoms. The zero-order valence-corrected chi connectivity index (χ0v) is 11.6. The number of nitrogens with one attached hydrogen (secondary N) is 1. The molecule has 2 N–H and O–H groups in total. The van der Waals surface area contributed by atoms with Crippen molar-refractivity contribution >= 4 is 16.6 Å². The molecule has 2 unspecified atom stereocenters. The van der Waals surface area contributed by atoms with Crippen LogP contribution in [0.15, 0.2) is 30.5 Å². The largest absolute Gasteiger partial charge is 0.497 e. The van der Waals surface area contributed by atoms with Gasteiger partial charge in [-0.2, -0.15) is 0 Å². The van der Waals surface area contributed by atoms with Crippen LogP contribution in [0.2, 0.25) is 0 Å². The molecule has 0 saturated carbocycles. The molecule has 1 heterocycles. The van der Waals surface area contributed by atoms with Crippen molar-refractivity contribution in [2.45, 2.75) is 19.9 Å². The van der Waals surface area contributed by atoms with Gasteiger partial charge in [-0.15, -0.1) is 0 Å². The summed E-state index contributed by atoms with van der Waals surface area (Å²) in [4.78, 5) is 4.39. The molecule has 2 aromatic rings. The van der Waals surface area contributed by atoms with Crippen LogP contribution in [0.25, 0.3) is 10.8 Å². The Morgan fingerprint density at radius 1 is 1.32 bits per heavy atom. The maximum Gasteiger partial charge on any atom is 0.134 e. The van der Waals surface area contributed by atoms with Gasteiger partial charge in [0.25, 0.3) is 0 Å². The third-order valence-corrected chi connectivity index (χ3v) is 3.48. The van der Waals surface area contributed by atoms with Crippen LogP contribution in [-0.2, 0) is 0 Å². The number of nitrogens with zero attached hydrogens (tertiary/aromatic N) is 1. The predicted octanol–water partition coefficient (Wildman–Crippen LogP) is 2.67. The van der Waals surface area contributed by atoms with Gasteiger partial charge in [0.1, 0.15) is 11.6 Å². The van der Waals surface area contributed by atoms with Crippen LogP contribution in [0, 0.1) is 5.92 Å². The van der Waals surface area contributed by atoms with Gasteiger partial charge in [0, 0.05) is 24.2 Å². The normalized spacial score (nSPS) is 14.1. The minimum absolute atomic E-state index is 0.158. The maximum atomic E-state index is 9.19. The van der Waals surface area contributed by atoms with E-state index in [0.29, 0.717) is 0 Å². The summed E-state index contributed by atoms with van der Waals surface area (Å²) in [5, 5.41) is 14.7. The second-order valence-corrected chi connectivity index (χ2v) is 4.84. The molecule has 0 spiro atoms. The molecule has 0 aliphatic carbocycles. The predicted molar refractivity (Wildman–Crippen MR) is 77.6 cm³/mol. The topological polar surface area (TPSA) is 54.4 Å². The lowest BCUT2D eigenvalue weighted by Gasteiger charge is -2.20. The number of benzene rings is 1. The van der Waals surface area contributed by atoms with E-state index >= 15 is 0 Å². The highest BCUT2D eigenvalue weighted by atomic mass is 16.5. The number of hydrogen-bond donors (Lipinski definition) is 2. The number of hydrogen-bond acceptors (Lipinski definition) is 4. The van der Waals surface area contributed by atoms with E-state index in [9.17, 15) is 5.11 Å². The Hall–Kier alpha value is -1.81. The molecule has 0 radical (unpaired) electrons. The molecule has 4 heteroatoms. The van der Waals surface area contributed by atoms with Crippen molar-refractivity contribution in [2.24, 2.45) is 5.92 Å². The zero-order valence-electron chi connectivity index (χ0n) is 11.6. The van der Waals surface area contributed by atoms with E-state index in [0.717, 1.165) is 22.3 Å². The van der Waals surface area contributed by atoms with Crippen molar-refractivity contribution in [1.29, 1.82) is 0 Å². The second-order valence-electron chi connectivity index (χ2n) is 4.84.